The molecule has 0 spiro atoms. The molecule has 2 aromatic rings. The van der Waals surface area contributed by atoms with Gasteiger partial charge in [0.2, 0.25) is 6.04 Å². The Hall–Kier alpha value is -2.24. The van der Waals surface area contributed by atoms with Crippen molar-refractivity contribution in [2.75, 3.05) is 0 Å². The molecule has 0 aromatic heterocycles. The molecule has 4 atom stereocenters. The SMILES string of the molecule is O=[N+]([O-])[C@@H](Cc1ccccc1)[C@H](O)[C@@H]1CC[C@H](OCc2ccccc2)C1. The average molecular weight is 355 g/mol. The highest BCUT2D eigenvalue weighted by atomic mass is 16.6. The van der Waals surface area contributed by atoms with Crippen molar-refractivity contribution in [2.45, 2.75) is 50.5 Å². The molecule has 0 radical (unpaired) electrons. The van der Waals surface area contributed by atoms with E-state index in [0.29, 0.717) is 13.0 Å². The van der Waals surface area contributed by atoms with Crippen LogP contribution >= 0.6 is 0 Å². The Balaban J connectivity index is 1.54. The number of benzene rings is 2. The van der Waals surface area contributed by atoms with E-state index < -0.39 is 12.1 Å². The van der Waals surface area contributed by atoms with Gasteiger partial charge in [-0.05, 0) is 36.3 Å². The maximum Gasteiger partial charge on any atom is 0.242 e. The second-order valence-electron chi connectivity index (χ2n) is 7.02. The first-order valence-electron chi connectivity index (χ1n) is 9.14. The number of nitrogens with zero attached hydrogens (tertiary/aromatic N) is 1. The molecule has 138 valence electrons. The van der Waals surface area contributed by atoms with Crippen LogP contribution in [-0.4, -0.2) is 28.3 Å². The largest absolute Gasteiger partial charge is 0.386 e. The van der Waals surface area contributed by atoms with Crippen LogP contribution in [0.15, 0.2) is 60.7 Å². The minimum absolute atomic E-state index is 0.0546. The van der Waals surface area contributed by atoms with Gasteiger partial charge in [-0.15, -0.1) is 0 Å². The number of aliphatic hydroxyl groups excluding tert-OH is 1. The molecule has 0 bridgehead atoms. The number of rotatable bonds is 8. The molecule has 0 saturated heterocycles. The minimum atomic E-state index is -0.977. The maximum absolute atomic E-state index is 11.5. The predicted octanol–water partition coefficient (Wildman–Crippen LogP) is 3.62. The summed E-state index contributed by atoms with van der Waals surface area (Å²) in [6, 6.07) is 18.3. The van der Waals surface area contributed by atoms with Gasteiger partial charge in [0, 0.05) is 11.3 Å². The maximum atomic E-state index is 11.5. The highest BCUT2D eigenvalue weighted by Gasteiger charge is 2.40. The summed E-state index contributed by atoms with van der Waals surface area (Å²) in [6.45, 7) is 0.539. The van der Waals surface area contributed by atoms with Gasteiger partial charge in [0.15, 0.2) is 0 Å². The molecule has 5 nitrogen and oxygen atoms in total. The lowest BCUT2D eigenvalue weighted by atomic mass is 9.91. The Labute approximate surface area is 153 Å². The third-order valence-electron chi connectivity index (χ3n) is 5.19. The summed E-state index contributed by atoms with van der Waals surface area (Å²) in [5, 5.41) is 22.2. The first-order chi connectivity index (χ1) is 12.6. The van der Waals surface area contributed by atoms with Gasteiger partial charge in [-0.25, -0.2) is 0 Å². The summed E-state index contributed by atoms with van der Waals surface area (Å²) < 4.78 is 5.95. The van der Waals surface area contributed by atoms with Gasteiger partial charge in [0.05, 0.1) is 12.7 Å². The van der Waals surface area contributed by atoms with Crippen LogP contribution in [0.2, 0.25) is 0 Å². The van der Waals surface area contributed by atoms with Crippen molar-refractivity contribution < 1.29 is 14.8 Å². The fourth-order valence-electron chi connectivity index (χ4n) is 3.71. The zero-order valence-corrected chi connectivity index (χ0v) is 14.7. The van der Waals surface area contributed by atoms with E-state index in [9.17, 15) is 15.2 Å². The van der Waals surface area contributed by atoms with Crippen molar-refractivity contribution >= 4 is 0 Å². The van der Waals surface area contributed by atoms with Crippen molar-refractivity contribution in [3.05, 3.63) is 81.9 Å². The highest BCUT2D eigenvalue weighted by molar-refractivity contribution is 5.16. The quantitative estimate of drug-likeness (QED) is 0.580. The van der Waals surface area contributed by atoms with E-state index in [4.69, 9.17) is 4.74 Å². The predicted molar refractivity (Wildman–Crippen MR) is 99.3 cm³/mol. The second-order valence-corrected chi connectivity index (χ2v) is 7.02. The Morgan fingerprint density at radius 3 is 2.27 bits per heavy atom. The summed E-state index contributed by atoms with van der Waals surface area (Å²) in [4.78, 5) is 11.2. The molecule has 1 N–H and O–H groups in total. The van der Waals surface area contributed by atoms with Gasteiger partial charge in [0.1, 0.15) is 6.10 Å². The summed E-state index contributed by atoms with van der Waals surface area (Å²) in [5.74, 6) is -0.0881. The molecule has 0 aliphatic heterocycles. The van der Waals surface area contributed by atoms with Crippen molar-refractivity contribution in [3.8, 4) is 0 Å². The molecule has 1 saturated carbocycles. The number of nitro groups is 1. The zero-order valence-electron chi connectivity index (χ0n) is 14.7. The van der Waals surface area contributed by atoms with Gasteiger partial charge in [-0.3, -0.25) is 10.1 Å². The van der Waals surface area contributed by atoms with Gasteiger partial charge < -0.3 is 9.84 Å². The Morgan fingerprint density at radius 2 is 1.65 bits per heavy atom. The average Bonchev–Trinajstić information content (AvgIpc) is 3.14. The summed E-state index contributed by atoms with van der Waals surface area (Å²) in [7, 11) is 0. The van der Waals surface area contributed by atoms with Crippen molar-refractivity contribution in [3.63, 3.8) is 0 Å². The number of ether oxygens (including phenoxy) is 1. The lowest BCUT2D eigenvalue weighted by Crippen LogP contribution is -2.40. The molecule has 0 amide bonds. The van der Waals surface area contributed by atoms with Crippen molar-refractivity contribution in [1.82, 2.24) is 0 Å². The summed E-state index contributed by atoms with van der Waals surface area (Å²) in [6.07, 6.45) is 1.63. The van der Waals surface area contributed by atoms with E-state index in [1.807, 2.05) is 60.7 Å². The molecule has 0 heterocycles. The Morgan fingerprint density at radius 1 is 1.04 bits per heavy atom. The molecule has 1 aliphatic rings. The molecular formula is C21H25NO4. The number of hydrogen-bond donors (Lipinski definition) is 1. The van der Waals surface area contributed by atoms with E-state index in [1.54, 1.807) is 0 Å². The van der Waals surface area contributed by atoms with Crippen LogP contribution < -0.4 is 0 Å². The van der Waals surface area contributed by atoms with Crippen LogP contribution in [0.25, 0.3) is 0 Å². The number of aliphatic hydroxyl groups is 1. The molecule has 3 rings (SSSR count). The molecule has 1 aliphatic carbocycles. The van der Waals surface area contributed by atoms with Crippen molar-refractivity contribution in [2.24, 2.45) is 5.92 Å². The van der Waals surface area contributed by atoms with Gasteiger partial charge >= 0.3 is 0 Å². The van der Waals surface area contributed by atoms with E-state index in [-0.39, 0.29) is 23.4 Å². The molecule has 0 unspecified atom stereocenters. The third kappa shape index (κ3) is 4.90. The standard InChI is InChI=1S/C21H25NO4/c23-21(20(22(24)25)13-16-7-3-1-4-8-16)18-11-12-19(14-18)26-15-17-9-5-2-6-10-17/h1-10,18-21,23H,11-15H2/t18-,19+,20+,21-/m1/s1. The van der Waals surface area contributed by atoms with E-state index >= 15 is 0 Å². The lowest BCUT2D eigenvalue weighted by molar-refractivity contribution is -0.536. The smallest absolute Gasteiger partial charge is 0.242 e. The van der Waals surface area contributed by atoms with Crippen LogP contribution in [0.4, 0.5) is 0 Å². The zero-order chi connectivity index (χ0) is 18.4. The van der Waals surface area contributed by atoms with Crippen molar-refractivity contribution in [1.29, 1.82) is 0 Å². The minimum Gasteiger partial charge on any atom is -0.386 e. The Kier molecular flexibility index (Phi) is 6.36. The Bertz CT molecular complexity index is 692. The monoisotopic (exact) mass is 355 g/mol. The van der Waals surface area contributed by atoms with Crippen LogP contribution in [0.1, 0.15) is 30.4 Å². The van der Waals surface area contributed by atoms with Gasteiger partial charge in [-0.1, -0.05) is 60.7 Å². The normalized spacial score (nSPS) is 22.0. The first kappa shape index (κ1) is 18.5. The van der Waals surface area contributed by atoms with Crippen LogP contribution in [-0.2, 0) is 17.8 Å². The van der Waals surface area contributed by atoms with E-state index in [0.717, 1.165) is 24.0 Å². The van der Waals surface area contributed by atoms with E-state index in [2.05, 4.69) is 0 Å². The molecule has 26 heavy (non-hydrogen) atoms. The fraction of sp³-hybridized carbons (Fsp3) is 0.429. The molecule has 1 fully saturated rings. The van der Waals surface area contributed by atoms with Crippen LogP contribution in [0.3, 0.4) is 0 Å². The molecule has 2 aromatic carbocycles. The number of hydrogen-bond acceptors (Lipinski definition) is 4. The van der Waals surface area contributed by atoms with Crippen LogP contribution in [0.5, 0.6) is 0 Å². The third-order valence-corrected chi connectivity index (χ3v) is 5.19. The van der Waals surface area contributed by atoms with Gasteiger partial charge in [-0.2, -0.15) is 0 Å². The molecule has 5 heteroatoms. The second kappa shape index (κ2) is 8.92. The highest BCUT2D eigenvalue weighted by Crippen LogP contribution is 2.33. The molecular weight excluding hydrogens is 330 g/mol. The lowest BCUT2D eigenvalue weighted by Gasteiger charge is -2.22. The van der Waals surface area contributed by atoms with Crippen LogP contribution in [0, 0.1) is 16.0 Å². The van der Waals surface area contributed by atoms with Gasteiger partial charge in [0.25, 0.3) is 0 Å². The topological polar surface area (TPSA) is 72.6 Å². The van der Waals surface area contributed by atoms with E-state index in [1.165, 1.54) is 0 Å². The summed E-state index contributed by atoms with van der Waals surface area (Å²) in [5.41, 5.74) is 1.99. The summed E-state index contributed by atoms with van der Waals surface area (Å²) >= 11 is 0. The first-order valence-corrected chi connectivity index (χ1v) is 9.14. The fourth-order valence-corrected chi connectivity index (χ4v) is 3.71.